The number of hydrogen-bond donors (Lipinski definition) is 4. The molecule has 0 radical (unpaired) electrons. The number of carbonyl (C=O) groups is 2. The van der Waals surface area contributed by atoms with Gasteiger partial charge in [0.1, 0.15) is 17.4 Å². The summed E-state index contributed by atoms with van der Waals surface area (Å²) in [6.07, 6.45) is 1.03. The van der Waals surface area contributed by atoms with Crippen molar-refractivity contribution in [2.24, 2.45) is 0 Å². The maximum Gasteiger partial charge on any atom is 0.406 e. The lowest BCUT2D eigenvalue weighted by molar-refractivity contribution is 0.102. The number of alkyl carbamates (subject to hydrolysis) is 1. The maximum atomic E-state index is 12.2. The number of nitrogens with two attached hydrogens (primary N) is 1. The summed E-state index contributed by atoms with van der Waals surface area (Å²) in [6.45, 7) is 2.36. The van der Waals surface area contributed by atoms with Gasteiger partial charge in [-0.25, -0.2) is 9.78 Å². The zero-order valence-corrected chi connectivity index (χ0v) is 14.1. The summed E-state index contributed by atoms with van der Waals surface area (Å²) in [5.41, 5.74) is 7.27. The smallest absolute Gasteiger partial charge is 0.406 e. The number of ether oxygens (including phenoxy) is 1. The van der Waals surface area contributed by atoms with Gasteiger partial charge in [-0.15, -0.1) is 0 Å². The molecule has 0 spiro atoms. The number of nitrogens with zero attached hydrogens (tertiary/aromatic N) is 2. The van der Waals surface area contributed by atoms with Crippen molar-refractivity contribution >= 4 is 40.0 Å². The summed E-state index contributed by atoms with van der Waals surface area (Å²) >= 11 is 1.09. The number of amides is 2. The van der Waals surface area contributed by atoms with Crippen LogP contribution in [0.25, 0.3) is 0 Å². The van der Waals surface area contributed by atoms with Crippen molar-refractivity contribution in [3.63, 3.8) is 0 Å². The summed E-state index contributed by atoms with van der Waals surface area (Å²) in [4.78, 5) is 27.2. The number of aromatic nitrogens is 2. The van der Waals surface area contributed by atoms with E-state index in [0.717, 1.165) is 11.5 Å². The first-order valence-electron chi connectivity index (χ1n) is 7.08. The Bertz CT molecular complexity index is 696. The van der Waals surface area contributed by atoms with E-state index in [4.69, 9.17) is 10.5 Å². The lowest BCUT2D eigenvalue weighted by atomic mass is 10.2. The molecule has 0 aromatic carbocycles. The van der Waals surface area contributed by atoms with Crippen LogP contribution >= 0.6 is 11.5 Å². The van der Waals surface area contributed by atoms with Crippen LogP contribution in [0.4, 0.5) is 21.3 Å². The van der Waals surface area contributed by atoms with Crippen molar-refractivity contribution in [3.8, 4) is 0 Å². The molecule has 5 N–H and O–H groups in total. The van der Waals surface area contributed by atoms with E-state index in [1.54, 1.807) is 19.1 Å². The highest BCUT2D eigenvalue weighted by molar-refractivity contribution is 7.10. The number of nitrogens with one attached hydrogen (secondary N) is 3. The van der Waals surface area contributed by atoms with Crippen LogP contribution in [-0.2, 0) is 4.74 Å². The molecule has 0 saturated heterocycles. The molecule has 10 heteroatoms. The zero-order chi connectivity index (χ0) is 17.5. The summed E-state index contributed by atoms with van der Waals surface area (Å²) < 4.78 is 8.88. The van der Waals surface area contributed by atoms with Crippen LogP contribution in [0.3, 0.4) is 0 Å². The van der Waals surface area contributed by atoms with Crippen molar-refractivity contribution in [1.29, 1.82) is 0 Å². The number of carbonyl (C=O) groups excluding carboxylic acids is 2. The minimum Gasteiger partial charge on any atom is -0.448 e. The number of aryl methyl sites for hydroxylation is 1. The molecular formula is C14H18N6O3S. The summed E-state index contributed by atoms with van der Waals surface area (Å²) in [5, 5.41) is 8.45. The highest BCUT2D eigenvalue weighted by Crippen LogP contribution is 2.22. The van der Waals surface area contributed by atoms with E-state index in [9.17, 15) is 9.59 Å². The van der Waals surface area contributed by atoms with E-state index < -0.39 is 6.09 Å². The molecule has 2 amide bonds. The minimum atomic E-state index is -0.486. The minimum absolute atomic E-state index is 0.212. The predicted molar refractivity (Wildman–Crippen MR) is 92.4 cm³/mol. The third kappa shape index (κ3) is 4.56. The SMILES string of the molecule is CNC(=O)OCCNc1ccc(NC(=O)c2c(C)nsc2N)cn1. The average Bonchev–Trinajstić information content (AvgIpc) is 2.91. The molecule has 24 heavy (non-hydrogen) atoms. The Kier molecular flexibility index (Phi) is 5.90. The van der Waals surface area contributed by atoms with E-state index in [0.29, 0.717) is 34.3 Å². The van der Waals surface area contributed by atoms with Crippen molar-refractivity contribution in [2.75, 3.05) is 36.6 Å². The number of rotatable bonds is 6. The molecule has 0 fully saturated rings. The molecular weight excluding hydrogens is 332 g/mol. The standard InChI is InChI=1S/C14H18N6O3S/c1-8-11(12(15)24-20-8)13(21)19-9-3-4-10(18-7-9)17-5-6-23-14(22)16-2/h3-4,7H,5-6,15H2,1-2H3,(H,16,22)(H,17,18)(H,19,21). The topological polar surface area (TPSA) is 131 Å². The van der Waals surface area contributed by atoms with Crippen LogP contribution in [0.1, 0.15) is 16.1 Å². The first-order chi connectivity index (χ1) is 11.5. The quantitative estimate of drug-likeness (QED) is 0.580. The Morgan fingerprint density at radius 1 is 1.38 bits per heavy atom. The van der Waals surface area contributed by atoms with Gasteiger partial charge in [-0.1, -0.05) is 0 Å². The van der Waals surface area contributed by atoms with Gasteiger partial charge in [-0.05, 0) is 30.6 Å². The van der Waals surface area contributed by atoms with Gasteiger partial charge in [0.25, 0.3) is 5.91 Å². The van der Waals surface area contributed by atoms with Crippen molar-refractivity contribution < 1.29 is 14.3 Å². The second kappa shape index (κ2) is 8.11. The molecule has 2 rings (SSSR count). The van der Waals surface area contributed by atoms with Crippen LogP contribution in [0, 0.1) is 6.92 Å². The number of nitrogen functional groups attached to an aromatic ring is 1. The zero-order valence-electron chi connectivity index (χ0n) is 13.3. The fraction of sp³-hybridized carbons (Fsp3) is 0.286. The van der Waals surface area contributed by atoms with E-state index in [-0.39, 0.29) is 12.5 Å². The fourth-order valence-electron chi connectivity index (χ4n) is 1.82. The molecule has 2 aromatic heterocycles. The maximum absolute atomic E-state index is 12.2. The van der Waals surface area contributed by atoms with E-state index in [1.165, 1.54) is 13.2 Å². The fourth-order valence-corrected chi connectivity index (χ4v) is 2.48. The highest BCUT2D eigenvalue weighted by atomic mass is 32.1. The number of pyridine rings is 1. The Morgan fingerprint density at radius 3 is 2.75 bits per heavy atom. The second-order valence-corrected chi connectivity index (χ2v) is 5.51. The molecule has 0 bridgehead atoms. The van der Waals surface area contributed by atoms with E-state index in [1.807, 2.05) is 0 Å². The average molecular weight is 350 g/mol. The molecule has 0 aliphatic rings. The van der Waals surface area contributed by atoms with Crippen LogP contribution < -0.4 is 21.7 Å². The third-order valence-electron chi connectivity index (χ3n) is 2.98. The van der Waals surface area contributed by atoms with Gasteiger partial charge in [0.2, 0.25) is 0 Å². The Hall–Kier alpha value is -2.88. The van der Waals surface area contributed by atoms with Gasteiger partial charge in [0.15, 0.2) is 0 Å². The first-order valence-corrected chi connectivity index (χ1v) is 7.86. The Morgan fingerprint density at radius 2 is 2.17 bits per heavy atom. The lowest BCUT2D eigenvalue weighted by Crippen LogP contribution is -2.22. The van der Waals surface area contributed by atoms with Crippen LogP contribution in [0.2, 0.25) is 0 Å². The van der Waals surface area contributed by atoms with Crippen LogP contribution in [0.15, 0.2) is 18.3 Å². The summed E-state index contributed by atoms with van der Waals surface area (Å²) in [6, 6.07) is 3.41. The second-order valence-electron chi connectivity index (χ2n) is 4.71. The molecule has 0 atom stereocenters. The monoisotopic (exact) mass is 350 g/mol. The number of anilines is 3. The molecule has 9 nitrogen and oxygen atoms in total. The molecule has 2 aromatic rings. The summed E-state index contributed by atoms with van der Waals surface area (Å²) in [5.74, 6) is 0.279. The molecule has 0 aliphatic heterocycles. The van der Waals surface area contributed by atoms with Gasteiger partial charge in [0.05, 0.1) is 29.7 Å². The molecule has 2 heterocycles. The van der Waals surface area contributed by atoms with Gasteiger partial charge >= 0.3 is 6.09 Å². The number of hydrogen-bond acceptors (Lipinski definition) is 8. The normalized spacial score (nSPS) is 10.1. The molecule has 0 aliphatic carbocycles. The van der Waals surface area contributed by atoms with Crippen LogP contribution in [0.5, 0.6) is 0 Å². The van der Waals surface area contributed by atoms with Gasteiger partial charge in [0, 0.05) is 7.05 Å². The highest BCUT2D eigenvalue weighted by Gasteiger charge is 2.16. The van der Waals surface area contributed by atoms with Crippen molar-refractivity contribution in [3.05, 3.63) is 29.6 Å². The van der Waals surface area contributed by atoms with Crippen molar-refractivity contribution in [2.45, 2.75) is 6.92 Å². The largest absolute Gasteiger partial charge is 0.448 e. The van der Waals surface area contributed by atoms with E-state index in [2.05, 4.69) is 25.3 Å². The van der Waals surface area contributed by atoms with Gasteiger partial charge < -0.3 is 26.4 Å². The first kappa shape index (κ1) is 17.5. The third-order valence-corrected chi connectivity index (χ3v) is 3.75. The lowest BCUT2D eigenvalue weighted by Gasteiger charge is -2.08. The van der Waals surface area contributed by atoms with Gasteiger partial charge in [-0.3, -0.25) is 4.79 Å². The molecule has 0 saturated carbocycles. The van der Waals surface area contributed by atoms with Gasteiger partial charge in [-0.2, -0.15) is 4.37 Å². The Labute approximate surface area is 142 Å². The Balaban J connectivity index is 1.86. The molecule has 128 valence electrons. The van der Waals surface area contributed by atoms with E-state index >= 15 is 0 Å². The molecule has 0 unspecified atom stereocenters. The van der Waals surface area contributed by atoms with Crippen molar-refractivity contribution in [1.82, 2.24) is 14.7 Å². The van der Waals surface area contributed by atoms with Crippen LogP contribution in [-0.4, -0.2) is 41.6 Å². The predicted octanol–water partition coefficient (Wildman–Crippen LogP) is 1.45. The summed E-state index contributed by atoms with van der Waals surface area (Å²) in [7, 11) is 1.49.